The molecule has 5 heteroatoms. The zero-order chi connectivity index (χ0) is 15.1. The van der Waals surface area contributed by atoms with E-state index in [1.807, 2.05) is 0 Å². The summed E-state index contributed by atoms with van der Waals surface area (Å²) in [6.45, 7) is 2.08. The Balaban J connectivity index is 1.61. The summed E-state index contributed by atoms with van der Waals surface area (Å²) in [5.41, 5.74) is -0.829. The van der Waals surface area contributed by atoms with Gasteiger partial charge in [0.1, 0.15) is 0 Å². The third kappa shape index (κ3) is 5.30. The van der Waals surface area contributed by atoms with Crippen molar-refractivity contribution < 1.29 is 19.4 Å². The van der Waals surface area contributed by atoms with Crippen LogP contribution in [0.5, 0.6) is 0 Å². The Labute approximate surface area is 126 Å². The molecule has 0 bridgehead atoms. The highest BCUT2D eigenvalue weighted by Gasteiger charge is 2.41. The fourth-order valence-electron chi connectivity index (χ4n) is 3.00. The third-order valence-electron chi connectivity index (χ3n) is 4.60. The Kier molecular flexibility index (Phi) is 6.03. The van der Waals surface area contributed by atoms with Gasteiger partial charge in [0.2, 0.25) is 5.91 Å². The van der Waals surface area contributed by atoms with Crippen LogP contribution < -0.4 is 5.32 Å². The number of ether oxygens (including phenoxy) is 1. The third-order valence-corrected chi connectivity index (χ3v) is 4.60. The average molecular weight is 297 g/mol. The van der Waals surface area contributed by atoms with E-state index in [4.69, 9.17) is 4.74 Å². The van der Waals surface area contributed by atoms with E-state index in [0.29, 0.717) is 26.0 Å². The van der Waals surface area contributed by atoms with Crippen molar-refractivity contribution in [3.05, 3.63) is 0 Å². The summed E-state index contributed by atoms with van der Waals surface area (Å²) in [6.07, 6.45) is 7.63. The molecular weight excluding hydrogens is 270 g/mol. The number of aliphatic carboxylic acids is 1. The minimum atomic E-state index is -0.829. The number of hydrogen-bond donors (Lipinski definition) is 2. The second kappa shape index (κ2) is 7.78. The van der Waals surface area contributed by atoms with Crippen molar-refractivity contribution in [3.63, 3.8) is 0 Å². The van der Waals surface area contributed by atoms with Crippen molar-refractivity contribution >= 4 is 11.9 Å². The number of hydrogen-bond acceptors (Lipinski definition) is 3. The molecule has 0 spiro atoms. The first-order valence-corrected chi connectivity index (χ1v) is 8.20. The van der Waals surface area contributed by atoms with E-state index < -0.39 is 11.4 Å². The van der Waals surface area contributed by atoms with Crippen LogP contribution in [-0.4, -0.2) is 36.7 Å². The standard InChI is InChI=1S/C16H27NO4/c18-14(17-9-4-10-21-12-13-5-6-13)11-16(15(19)20)7-2-1-3-8-16/h13H,1-12H2,(H,17,18)(H,19,20). The molecule has 2 N–H and O–H groups in total. The summed E-state index contributed by atoms with van der Waals surface area (Å²) in [7, 11) is 0. The molecule has 0 radical (unpaired) electrons. The van der Waals surface area contributed by atoms with Gasteiger partial charge in [-0.2, -0.15) is 0 Å². The molecule has 2 aliphatic carbocycles. The van der Waals surface area contributed by atoms with E-state index >= 15 is 0 Å². The van der Waals surface area contributed by atoms with E-state index in [2.05, 4.69) is 5.32 Å². The molecule has 0 atom stereocenters. The van der Waals surface area contributed by atoms with Crippen LogP contribution in [-0.2, 0) is 14.3 Å². The summed E-state index contributed by atoms with van der Waals surface area (Å²) in [5, 5.41) is 12.3. The second-order valence-electron chi connectivity index (χ2n) is 6.54. The first kappa shape index (κ1) is 16.3. The summed E-state index contributed by atoms with van der Waals surface area (Å²) >= 11 is 0. The number of carbonyl (C=O) groups excluding carboxylic acids is 1. The molecule has 0 unspecified atom stereocenters. The molecule has 120 valence electrons. The van der Waals surface area contributed by atoms with Crippen LogP contribution in [0.3, 0.4) is 0 Å². The van der Waals surface area contributed by atoms with Gasteiger partial charge >= 0.3 is 5.97 Å². The van der Waals surface area contributed by atoms with E-state index in [-0.39, 0.29) is 12.3 Å². The normalized spacial score (nSPS) is 21.0. The molecule has 2 aliphatic rings. The molecule has 1 amide bonds. The molecule has 0 aromatic carbocycles. The van der Waals surface area contributed by atoms with E-state index in [9.17, 15) is 14.7 Å². The quantitative estimate of drug-likeness (QED) is 0.641. The van der Waals surface area contributed by atoms with Crippen LogP contribution in [0.25, 0.3) is 0 Å². The van der Waals surface area contributed by atoms with Crippen molar-refractivity contribution in [1.82, 2.24) is 5.32 Å². The molecular formula is C16H27NO4. The van der Waals surface area contributed by atoms with E-state index in [0.717, 1.165) is 38.2 Å². The fourth-order valence-corrected chi connectivity index (χ4v) is 3.00. The number of carbonyl (C=O) groups is 2. The lowest BCUT2D eigenvalue weighted by atomic mass is 9.71. The summed E-state index contributed by atoms with van der Waals surface area (Å²) in [4.78, 5) is 23.5. The van der Waals surface area contributed by atoms with Gasteiger partial charge in [0.15, 0.2) is 0 Å². The highest BCUT2D eigenvalue weighted by molar-refractivity contribution is 5.85. The maximum absolute atomic E-state index is 12.0. The van der Waals surface area contributed by atoms with Crippen molar-refractivity contribution in [2.24, 2.45) is 11.3 Å². The molecule has 2 rings (SSSR count). The van der Waals surface area contributed by atoms with E-state index in [1.165, 1.54) is 12.8 Å². The Bertz CT molecular complexity index is 359. The number of carboxylic acids is 1. The molecule has 0 heterocycles. The lowest BCUT2D eigenvalue weighted by molar-refractivity contribution is -0.154. The number of carboxylic acid groups (broad SMARTS) is 1. The minimum Gasteiger partial charge on any atom is -0.481 e. The van der Waals surface area contributed by atoms with Crippen molar-refractivity contribution in [3.8, 4) is 0 Å². The Morgan fingerprint density at radius 3 is 2.52 bits per heavy atom. The number of amides is 1. The summed E-state index contributed by atoms with van der Waals surface area (Å²) < 4.78 is 5.50. The van der Waals surface area contributed by atoms with Crippen LogP contribution in [0.15, 0.2) is 0 Å². The van der Waals surface area contributed by atoms with Crippen molar-refractivity contribution in [1.29, 1.82) is 0 Å². The van der Waals surface area contributed by atoms with Crippen LogP contribution >= 0.6 is 0 Å². The van der Waals surface area contributed by atoms with Gasteiger partial charge < -0.3 is 15.2 Å². The first-order chi connectivity index (χ1) is 10.1. The SMILES string of the molecule is O=C(CC1(C(=O)O)CCCCC1)NCCCOCC1CC1. The zero-order valence-corrected chi connectivity index (χ0v) is 12.7. The molecule has 0 aromatic heterocycles. The molecule has 0 aromatic rings. The molecule has 2 saturated carbocycles. The Morgan fingerprint density at radius 2 is 1.90 bits per heavy atom. The topological polar surface area (TPSA) is 75.6 Å². The Hall–Kier alpha value is -1.10. The maximum Gasteiger partial charge on any atom is 0.310 e. The zero-order valence-electron chi connectivity index (χ0n) is 12.7. The van der Waals surface area contributed by atoms with Gasteiger partial charge in [-0.3, -0.25) is 9.59 Å². The predicted molar refractivity (Wildman–Crippen MR) is 78.9 cm³/mol. The average Bonchev–Trinajstić information content (AvgIpc) is 3.27. The summed E-state index contributed by atoms with van der Waals surface area (Å²) in [6, 6.07) is 0. The molecule has 2 fully saturated rings. The lowest BCUT2D eigenvalue weighted by Gasteiger charge is -2.32. The van der Waals surface area contributed by atoms with Crippen LogP contribution in [0.2, 0.25) is 0 Å². The van der Waals surface area contributed by atoms with Crippen LogP contribution in [0.4, 0.5) is 0 Å². The van der Waals surface area contributed by atoms with Gasteiger partial charge in [0, 0.05) is 26.2 Å². The van der Waals surface area contributed by atoms with Crippen molar-refractivity contribution in [2.75, 3.05) is 19.8 Å². The number of rotatable bonds is 9. The van der Waals surface area contributed by atoms with Gasteiger partial charge in [0.25, 0.3) is 0 Å². The molecule has 0 saturated heterocycles. The fraction of sp³-hybridized carbons (Fsp3) is 0.875. The molecule has 21 heavy (non-hydrogen) atoms. The lowest BCUT2D eigenvalue weighted by Crippen LogP contribution is -2.39. The largest absolute Gasteiger partial charge is 0.481 e. The summed E-state index contributed by atoms with van der Waals surface area (Å²) in [5.74, 6) is -0.187. The monoisotopic (exact) mass is 297 g/mol. The number of nitrogens with one attached hydrogen (secondary N) is 1. The maximum atomic E-state index is 12.0. The van der Waals surface area contributed by atoms with Gasteiger partial charge in [-0.05, 0) is 38.0 Å². The minimum absolute atomic E-state index is 0.116. The van der Waals surface area contributed by atoms with Gasteiger partial charge in [-0.1, -0.05) is 19.3 Å². The van der Waals surface area contributed by atoms with Crippen molar-refractivity contribution in [2.45, 2.75) is 57.8 Å². The Morgan fingerprint density at radius 1 is 1.19 bits per heavy atom. The van der Waals surface area contributed by atoms with E-state index in [1.54, 1.807) is 0 Å². The highest BCUT2D eigenvalue weighted by Crippen LogP contribution is 2.39. The second-order valence-corrected chi connectivity index (χ2v) is 6.54. The van der Waals surface area contributed by atoms with Crippen LogP contribution in [0.1, 0.15) is 57.8 Å². The first-order valence-electron chi connectivity index (χ1n) is 8.20. The predicted octanol–water partition coefficient (Wildman–Crippen LogP) is 2.34. The highest BCUT2D eigenvalue weighted by atomic mass is 16.5. The molecule has 5 nitrogen and oxygen atoms in total. The van der Waals surface area contributed by atoms with Gasteiger partial charge in [0.05, 0.1) is 5.41 Å². The van der Waals surface area contributed by atoms with Gasteiger partial charge in [-0.25, -0.2) is 0 Å². The van der Waals surface area contributed by atoms with Gasteiger partial charge in [-0.15, -0.1) is 0 Å². The molecule has 0 aliphatic heterocycles. The van der Waals surface area contributed by atoms with Crippen LogP contribution in [0, 0.1) is 11.3 Å². The smallest absolute Gasteiger partial charge is 0.310 e.